The van der Waals surface area contributed by atoms with E-state index in [0.717, 1.165) is 36.8 Å². The predicted molar refractivity (Wildman–Crippen MR) is 93.6 cm³/mol. The van der Waals surface area contributed by atoms with Gasteiger partial charge < -0.3 is 9.80 Å². The lowest BCUT2D eigenvalue weighted by molar-refractivity contribution is 0.233. The second-order valence-electron chi connectivity index (χ2n) is 5.32. The second kappa shape index (κ2) is 6.61. The molecular formula is C15H16N6S2. The summed E-state index contributed by atoms with van der Waals surface area (Å²) in [5, 5.41) is 6.12. The van der Waals surface area contributed by atoms with Crippen molar-refractivity contribution in [2.24, 2.45) is 0 Å². The standard InChI is InChI=1S/C15H16N6S2/c1-2-13(8-16-3-1)9-19-10-20(14-17-4-6-22-14)12-21(11-19)15-18-5-7-23-15/h1-8H,9-12H2. The van der Waals surface area contributed by atoms with Gasteiger partial charge in [0, 0.05) is 42.1 Å². The molecule has 1 aliphatic rings. The van der Waals surface area contributed by atoms with E-state index >= 15 is 0 Å². The van der Waals surface area contributed by atoms with Crippen molar-refractivity contribution in [3.05, 3.63) is 53.2 Å². The number of hydrogen-bond acceptors (Lipinski definition) is 8. The van der Waals surface area contributed by atoms with Crippen LogP contribution in [0.4, 0.5) is 10.3 Å². The molecule has 0 unspecified atom stereocenters. The third kappa shape index (κ3) is 3.34. The lowest BCUT2D eigenvalue weighted by Crippen LogP contribution is -2.55. The summed E-state index contributed by atoms with van der Waals surface area (Å²) in [5.74, 6) is 0. The topological polar surface area (TPSA) is 48.4 Å². The van der Waals surface area contributed by atoms with Crippen LogP contribution in [0.3, 0.4) is 0 Å². The van der Waals surface area contributed by atoms with Gasteiger partial charge in [-0.2, -0.15) is 0 Å². The highest BCUT2D eigenvalue weighted by molar-refractivity contribution is 7.14. The summed E-state index contributed by atoms with van der Waals surface area (Å²) in [6.45, 7) is 3.37. The fourth-order valence-electron chi connectivity index (χ4n) is 2.66. The molecule has 4 heterocycles. The van der Waals surface area contributed by atoms with E-state index in [-0.39, 0.29) is 0 Å². The Labute approximate surface area is 142 Å². The molecule has 1 aliphatic heterocycles. The highest BCUT2D eigenvalue weighted by Crippen LogP contribution is 2.26. The maximum Gasteiger partial charge on any atom is 0.187 e. The lowest BCUT2D eigenvalue weighted by Gasteiger charge is -2.42. The zero-order valence-corrected chi connectivity index (χ0v) is 14.1. The van der Waals surface area contributed by atoms with E-state index in [9.17, 15) is 0 Å². The lowest BCUT2D eigenvalue weighted by atomic mass is 10.2. The van der Waals surface area contributed by atoms with Crippen molar-refractivity contribution in [1.29, 1.82) is 0 Å². The fraction of sp³-hybridized carbons (Fsp3) is 0.267. The van der Waals surface area contributed by atoms with Gasteiger partial charge in [-0.1, -0.05) is 6.07 Å². The van der Waals surface area contributed by atoms with Crippen LogP contribution in [0.25, 0.3) is 0 Å². The van der Waals surface area contributed by atoms with Crippen molar-refractivity contribution in [1.82, 2.24) is 19.9 Å². The summed E-state index contributed by atoms with van der Waals surface area (Å²) < 4.78 is 0. The normalized spacial score (nSPS) is 16.0. The highest BCUT2D eigenvalue weighted by atomic mass is 32.1. The summed E-state index contributed by atoms with van der Waals surface area (Å²) in [6.07, 6.45) is 7.45. The van der Waals surface area contributed by atoms with Crippen molar-refractivity contribution in [2.45, 2.75) is 6.54 Å². The quantitative estimate of drug-likeness (QED) is 0.725. The average Bonchev–Trinajstić information content (AvgIpc) is 3.29. The Kier molecular flexibility index (Phi) is 4.18. The highest BCUT2D eigenvalue weighted by Gasteiger charge is 2.26. The van der Waals surface area contributed by atoms with Gasteiger partial charge in [0.1, 0.15) is 0 Å². The molecule has 3 aromatic rings. The van der Waals surface area contributed by atoms with E-state index in [0.29, 0.717) is 0 Å². The Bertz CT molecular complexity index is 674. The number of aromatic nitrogens is 3. The molecule has 0 radical (unpaired) electrons. The van der Waals surface area contributed by atoms with Crippen molar-refractivity contribution >= 4 is 32.9 Å². The Morgan fingerprint density at radius 3 is 2.13 bits per heavy atom. The van der Waals surface area contributed by atoms with Gasteiger partial charge in [-0.25, -0.2) is 9.97 Å². The van der Waals surface area contributed by atoms with Gasteiger partial charge in [0.05, 0.1) is 20.0 Å². The van der Waals surface area contributed by atoms with Crippen LogP contribution in [-0.2, 0) is 6.54 Å². The van der Waals surface area contributed by atoms with E-state index < -0.39 is 0 Å². The molecule has 0 N–H and O–H groups in total. The number of pyridine rings is 1. The molecule has 6 nitrogen and oxygen atoms in total. The van der Waals surface area contributed by atoms with Crippen LogP contribution in [0.15, 0.2) is 47.7 Å². The largest absolute Gasteiger partial charge is 0.317 e. The number of hydrogen-bond donors (Lipinski definition) is 0. The van der Waals surface area contributed by atoms with Crippen molar-refractivity contribution in [3.63, 3.8) is 0 Å². The van der Waals surface area contributed by atoms with E-state index in [1.165, 1.54) is 5.56 Å². The molecule has 23 heavy (non-hydrogen) atoms. The van der Waals surface area contributed by atoms with Crippen LogP contribution < -0.4 is 9.80 Å². The predicted octanol–water partition coefficient (Wildman–Crippen LogP) is 2.70. The van der Waals surface area contributed by atoms with Gasteiger partial charge in [-0.05, 0) is 11.6 Å². The zero-order chi connectivity index (χ0) is 15.5. The minimum absolute atomic E-state index is 0.810. The van der Waals surface area contributed by atoms with Crippen LogP contribution in [0.1, 0.15) is 5.56 Å². The number of nitrogens with zero attached hydrogens (tertiary/aromatic N) is 6. The van der Waals surface area contributed by atoms with Gasteiger partial charge >= 0.3 is 0 Å². The molecule has 0 bridgehead atoms. The summed E-state index contributed by atoms with van der Waals surface area (Å²) in [5.41, 5.74) is 1.22. The first-order valence-electron chi connectivity index (χ1n) is 7.28. The van der Waals surface area contributed by atoms with Crippen molar-refractivity contribution in [3.8, 4) is 0 Å². The molecule has 1 saturated heterocycles. The molecule has 0 saturated carbocycles. The van der Waals surface area contributed by atoms with Crippen molar-refractivity contribution in [2.75, 3.05) is 29.8 Å². The Morgan fingerprint density at radius 1 is 0.913 bits per heavy atom. The first kappa shape index (κ1) is 14.6. The van der Waals surface area contributed by atoms with E-state index in [1.54, 1.807) is 22.7 Å². The second-order valence-corrected chi connectivity index (χ2v) is 7.07. The van der Waals surface area contributed by atoms with Crippen LogP contribution in [-0.4, -0.2) is 39.9 Å². The van der Waals surface area contributed by atoms with Crippen LogP contribution >= 0.6 is 22.7 Å². The zero-order valence-electron chi connectivity index (χ0n) is 12.4. The number of rotatable bonds is 4. The SMILES string of the molecule is c1cncc(CN2CN(c3nccs3)CN(c3nccs3)C2)c1. The van der Waals surface area contributed by atoms with E-state index in [1.807, 2.05) is 41.6 Å². The smallest absolute Gasteiger partial charge is 0.187 e. The number of thiazole rings is 2. The molecule has 1 fully saturated rings. The third-order valence-corrected chi connectivity index (χ3v) is 5.26. The number of anilines is 2. The summed E-state index contributed by atoms with van der Waals surface area (Å²) >= 11 is 3.34. The van der Waals surface area contributed by atoms with Crippen LogP contribution in [0.2, 0.25) is 0 Å². The maximum atomic E-state index is 4.46. The third-order valence-electron chi connectivity index (χ3n) is 3.59. The van der Waals surface area contributed by atoms with Crippen molar-refractivity contribution < 1.29 is 0 Å². The van der Waals surface area contributed by atoms with Gasteiger partial charge in [0.25, 0.3) is 0 Å². The first-order valence-corrected chi connectivity index (χ1v) is 9.04. The van der Waals surface area contributed by atoms with E-state index in [4.69, 9.17) is 0 Å². The Morgan fingerprint density at radius 2 is 1.61 bits per heavy atom. The first-order chi connectivity index (χ1) is 11.4. The molecule has 0 amide bonds. The molecule has 0 aliphatic carbocycles. The molecule has 4 rings (SSSR count). The Hall–Kier alpha value is -2.03. The molecular weight excluding hydrogens is 328 g/mol. The summed E-state index contributed by atoms with van der Waals surface area (Å²) in [4.78, 5) is 20.1. The molecule has 118 valence electrons. The summed E-state index contributed by atoms with van der Waals surface area (Å²) in [7, 11) is 0. The minimum atomic E-state index is 0.810. The molecule has 0 aromatic carbocycles. The maximum absolute atomic E-state index is 4.46. The molecule has 3 aromatic heterocycles. The Balaban J connectivity index is 1.56. The van der Waals surface area contributed by atoms with Crippen LogP contribution in [0, 0.1) is 0 Å². The van der Waals surface area contributed by atoms with Gasteiger partial charge in [-0.15, -0.1) is 22.7 Å². The fourth-order valence-corrected chi connectivity index (χ4v) is 3.92. The van der Waals surface area contributed by atoms with Gasteiger partial charge in [0.15, 0.2) is 10.3 Å². The van der Waals surface area contributed by atoms with Gasteiger partial charge in [0.2, 0.25) is 0 Å². The average molecular weight is 344 g/mol. The molecule has 8 heteroatoms. The monoisotopic (exact) mass is 344 g/mol. The van der Waals surface area contributed by atoms with Crippen LogP contribution in [0.5, 0.6) is 0 Å². The summed E-state index contributed by atoms with van der Waals surface area (Å²) in [6, 6.07) is 4.10. The van der Waals surface area contributed by atoms with Gasteiger partial charge in [-0.3, -0.25) is 9.88 Å². The molecule has 0 spiro atoms. The minimum Gasteiger partial charge on any atom is -0.317 e. The van der Waals surface area contributed by atoms with E-state index in [2.05, 4.69) is 35.7 Å². The molecule has 0 atom stereocenters.